The van der Waals surface area contributed by atoms with Crippen LogP contribution in [-0.4, -0.2) is 38.4 Å². The van der Waals surface area contributed by atoms with E-state index in [0.717, 1.165) is 65.0 Å². The third kappa shape index (κ3) is 4.84. The number of anilines is 1. The van der Waals surface area contributed by atoms with Crippen LogP contribution < -0.4 is 10.5 Å². The van der Waals surface area contributed by atoms with Crippen molar-refractivity contribution in [3.05, 3.63) is 78.3 Å². The predicted molar refractivity (Wildman–Crippen MR) is 150 cm³/mol. The van der Waals surface area contributed by atoms with Crippen molar-refractivity contribution in [1.82, 2.24) is 19.4 Å². The normalized spacial score (nSPS) is 17.7. The van der Waals surface area contributed by atoms with Crippen LogP contribution in [0.4, 0.5) is 5.82 Å². The maximum atomic E-state index is 13.2. The minimum atomic E-state index is -0.174. The maximum Gasteiger partial charge on any atom is 0.264 e. The van der Waals surface area contributed by atoms with E-state index in [9.17, 15) is 10.1 Å². The first-order valence-electron chi connectivity index (χ1n) is 13.4. The Kier molecular flexibility index (Phi) is 6.49. The Balaban J connectivity index is 1.34. The second-order valence-electron chi connectivity index (χ2n) is 10.3. The molecular formula is C31H30N6O2. The number of nitrogen functional groups attached to an aromatic ring is 1. The number of allylic oxidation sites excluding steroid dienone is 1. The average Bonchev–Trinajstić information content (AvgIpc) is 3.73. The van der Waals surface area contributed by atoms with Gasteiger partial charge in [-0.05, 0) is 68.4 Å². The van der Waals surface area contributed by atoms with Gasteiger partial charge in [-0.3, -0.25) is 4.79 Å². The first-order chi connectivity index (χ1) is 19.0. The number of piperidine rings is 1. The molecule has 2 aromatic carbocycles. The number of fused-ring (bicyclic) bond motifs is 1. The van der Waals surface area contributed by atoms with Crippen molar-refractivity contribution < 1.29 is 9.53 Å². The molecule has 2 aromatic heterocycles. The van der Waals surface area contributed by atoms with E-state index in [1.165, 1.54) is 6.33 Å². The summed E-state index contributed by atoms with van der Waals surface area (Å²) in [5.74, 6) is 2.13. The summed E-state index contributed by atoms with van der Waals surface area (Å²) in [4.78, 5) is 24.0. The Labute approximate surface area is 227 Å². The molecule has 6 rings (SSSR count). The summed E-state index contributed by atoms with van der Waals surface area (Å²) in [6.45, 7) is 3.23. The molecule has 3 heterocycles. The average molecular weight is 519 g/mol. The van der Waals surface area contributed by atoms with Gasteiger partial charge in [-0.25, -0.2) is 9.97 Å². The van der Waals surface area contributed by atoms with Crippen molar-refractivity contribution >= 4 is 22.8 Å². The van der Waals surface area contributed by atoms with E-state index in [-0.39, 0.29) is 17.5 Å². The molecule has 0 bridgehead atoms. The van der Waals surface area contributed by atoms with E-state index in [1.807, 2.05) is 65.6 Å². The number of ether oxygens (including phenoxy) is 1. The van der Waals surface area contributed by atoms with Gasteiger partial charge in [-0.1, -0.05) is 36.4 Å². The zero-order chi connectivity index (χ0) is 26.9. The van der Waals surface area contributed by atoms with Gasteiger partial charge in [0.25, 0.3) is 5.91 Å². The van der Waals surface area contributed by atoms with Crippen molar-refractivity contribution in [3.8, 4) is 28.7 Å². The molecule has 2 N–H and O–H groups in total. The van der Waals surface area contributed by atoms with Gasteiger partial charge in [-0.2, -0.15) is 5.26 Å². The van der Waals surface area contributed by atoms with Gasteiger partial charge >= 0.3 is 0 Å². The number of carbonyl (C=O) groups excluding carboxylic acids is 1. The Morgan fingerprint density at radius 3 is 2.54 bits per heavy atom. The molecule has 8 heteroatoms. The van der Waals surface area contributed by atoms with E-state index in [1.54, 1.807) is 0 Å². The third-order valence-corrected chi connectivity index (χ3v) is 7.60. The summed E-state index contributed by atoms with van der Waals surface area (Å²) in [5, 5.41) is 10.4. The van der Waals surface area contributed by atoms with Crippen LogP contribution in [0.5, 0.6) is 11.5 Å². The summed E-state index contributed by atoms with van der Waals surface area (Å²) in [5.41, 5.74) is 10.4. The van der Waals surface area contributed by atoms with E-state index in [4.69, 9.17) is 10.5 Å². The minimum Gasteiger partial charge on any atom is -0.457 e. The van der Waals surface area contributed by atoms with Crippen molar-refractivity contribution in [2.24, 2.45) is 5.92 Å². The van der Waals surface area contributed by atoms with Gasteiger partial charge in [-0.15, -0.1) is 0 Å². The Morgan fingerprint density at radius 1 is 1.08 bits per heavy atom. The highest BCUT2D eigenvalue weighted by molar-refractivity contribution is 6.02. The van der Waals surface area contributed by atoms with Gasteiger partial charge < -0.3 is 19.9 Å². The third-order valence-electron chi connectivity index (χ3n) is 7.60. The van der Waals surface area contributed by atoms with Gasteiger partial charge in [0, 0.05) is 24.3 Å². The maximum absolute atomic E-state index is 13.2. The lowest BCUT2D eigenvalue weighted by Crippen LogP contribution is -2.41. The number of nitrogens with zero attached hydrogens (tertiary/aromatic N) is 5. The molecule has 39 heavy (non-hydrogen) atoms. The smallest absolute Gasteiger partial charge is 0.264 e. The number of nitriles is 1. The second-order valence-corrected chi connectivity index (χ2v) is 10.3. The van der Waals surface area contributed by atoms with Crippen LogP contribution in [0.25, 0.3) is 22.2 Å². The van der Waals surface area contributed by atoms with E-state index < -0.39 is 0 Å². The van der Waals surface area contributed by atoms with E-state index >= 15 is 0 Å². The molecular weight excluding hydrogens is 488 g/mol. The molecule has 1 amide bonds. The lowest BCUT2D eigenvalue weighted by atomic mass is 10.0. The standard InChI is InChI=1S/C31H30N6O2/c1-20-27(22-11-13-26(14-12-22)39-25-7-3-2-4-8-25)28-29(33)34-19-35-30(28)37(20)24-6-5-15-36(18-24)31(38)23(17-32)16-21-9-10-21/h2-4,7-8,11-14,16,19,21,24H,5-6,9-10,15,18H2,1H3,(H2,33,34,35)/b23-16+/t24-/m1/s1. The number of rotatable bonds is 6. The summed E-state index contributed by atoms with van der Waals surface area (Å²) in [6.07, 6.45) is 7.19. The lowest BCUT2D eigenvalue weighted by molar-refractivity contribution is -0.128. The van der Waals surface area contributed by atoms with Gasteiger partial charge in [0.1, 0.15) is 40.9 Å². The molecule has 4 aromatic rings. The van der Waals surface area contributed by atoms with Crippen molar-refractivity contribution in [2.75, 3.05) is 18.8 Å². The van der Waals surface area contributed by atoms with Gasteiger partial charge in [0.2, 0.25) is 0 Å². The highest BCUT2D eigenvalue weighted by Gasteiger charge is 2.31. The molecule has 1 aliphatic heterocycles. The number of hydrogen-bond acceptors (Lipinski definition) is 6. The Hall–Kier alpha value is -4.64. The fourth-order valence-electron chi connectivity index (χ4n) is 5.56. The first-order valence-corrected chi connectivity index (χ1v) is 13.4. The molecule has 0 spiro atoms. The van der Waals surface area contributed by atoms with Gasteiger partial charge in [0.15, 0.2) is 0 Å². The highest BCUT2D eigenvalue weighted by atomic mass is 16.5. The van der Waals surface area contributed by atoms with E-state index in [2.05, 4.69) is 27.5 Å². The molecule has 1 aliphatic carbocycles. The highest BCUT2D eigenvalue weighted by Crippen LogP contribution is 2.40. The van der Waals surface area contributed by atoms with Crippen molar-refractivity contribution in [1.29, 1.82) is 5.26 Å². The fourth-order valence-corrected chi connectivity index (χ4v) is 5.56. The molecule has 1 atom stereocenters. The molecule has 0 unspecified atom stereocenters. The molecule has 2 aliphatic rings. The monoisotopic (exact) mass is 518 g/mol. The molecule has 0 radical (unpaired) electrons. The van der Waals surface area contributed by atoms with E-state index in [0.29, 0.717) is 24.8 Å². The molecule has 196 valence electrons. The summed E-state index contributed by atoms with van der Waals surface area (Å²) < 4.78 is 8.18. The van der Waals surface area contributed by atoms with Crippen LogP contribution in [0.1, 0.15) is 37.4 Å². The van der Waals surface area contributed by atoms with Crippen LogP contribution in [0.3, 0.4) is 0 Å². The van der Waals surface area contributed by atoms with Crippen LogP contribution in [-0.2, 0) is 4.79 Å². The largest absolute Gasteiger partial charge is 0.457 e. The molecule has 8 nitrogen and oxygen atoms in total. The number of hydrogen-bond donors (Lipinski definition) is 1. The second kappa shape index (κ2) is 10.3. The Bertz CT molecular complexity index is 1600. The lowest BCUT2D eigenvalue weighted by Gasteiger charge is -2.34. The molecule has 1 saturated heterocycles. The van der Waals surface area contributed by atoms with Crippen LogP contribution in [0, 0.1) is 24.2 Å². The quantitative estimate of drug-likeness (QED) is 0.255. The zero-order valence-corrected chi connectivity index (χ0v) is 21.9. The SMILES string of the molecule is Cc1c(-c2ccc(Oc3ccccc3)cc2)c2c(N)ncnc2n1[C@@H]1CCCN(C(=O)/C(C#N)=C/C2CC2)C1. The molecule has 1 saturated carbocycles. The first kappa shape index (κ1) is 24.7. The number of benzene rings is 2. The summed E-state index contributed by atoms with van der Waals surface area (Å²) >= 11 is 0. The number of amides is 1. The van der Waals surface area contributed by atoms with Gasteiger partial charge in [0.05, 0.1) is 11.4 Å². The topological polar surface area (TPSA) is 110 Å². The number of carbonyl (C=O) groups is 1. The van der Waals surface area contributed by atoms with Crippen LogP contribution in [0.15, 0.2) is 72.6 Å². The van der Waals surface area contributed by atoms with Crippen molar-refractivity contribution in [3.63, 3.8) is 0 Å². The summed E-state index contributed by atoms with van der Waals surface area (Å²) in [7, 11) is 0. The Morgan fingerprint density at radius 2 is 1.82 bits per heavy atom. The number of likely N-dealkylation sites (tertiary alicyclic amines) is 1. The predicted octanol–water partition coefficient (Wildman–Crippen LogP) is 5.80. The van der Waals surface area contributed by atoms with Crippen LogP contribution in [0.2, 0.25) is 0 Å². The number of nitrogens with two attached hydrogens (primary N) is 1. The number of para-hydroxylation sites is 1. The zero-order valence-electron chi connectivity index (χ0n) is 21.9. The number of aromatic nitrogens is 3. The van der Waals surface area contributed by atoms with Crippen molar-refractivity contribution in [2.45, 2.75) is 38.6 Å². The summed E-state index contributed by atoms with van der Waals surface area (Å²) in [6, 6.07) is 19.8. The van der Waals surface area contributed by atoms with Crippen LogP contribution >= 0.6 is 0 Å². The minimum absolute atomic E-state index is 0.00908. The fraction of sp³-hybridized carbons (Fsp3) is 0.290. The molecule has 2 fully saturated rings.